The first-order valence-corrected chi connectivity index (χ1v) is 15.9. The van der Waals surface area contributed by atoms with Crippen LogP contribution in [0.3, 0.4) is 0 Å². The number of H-pyrrole nitrogens is 1. The van der Waals surface area contributed by atoms with Crippen LogP contribution in [0.25, 0.3) is 39.1 Å². The first kappa shape index (κ1) is 29.2. The Morgan fingerprint density at radius 3 is 2.64 bits per heavy atom. The number of aromatic amines is 1. The maximum atomic E-state index is 14.5. The predicted molar refractivity (Wildman–Crippen MR) is 175 cm³/mol. The lowest BCUT2D eigenvalue weighted by Crippen LogP contribution is -2.43. The first-order chi connectivity index (χ1) is 22.9. The van der Waals surface area contributed by atoms with E-state index in [1.807, 2.05) is 47.2 Å². The highest BCUT2D eigenvalue weighted by Gasteiger charge is 2.51. The van der Waals surface area contributed by atoms with Crippen LogP contribution in [0, 0.1) is 11.2 Å². The summed E-state index contributed by atoms with van der Waals surface area (Å²) in [7, 11) is 1.85. The Morgan fingerprint density at radius 2 is 1.87 bits per heavy atom. The number of fused-ring (bicyclic) bond motifs is 1. The highest BCUT2D eigenvalue weighted by Crippen LogP contribution is 2.43. The fraction of sp³-hybridized carbons (Fsp3) is 0.314. The van der Waals surface area contributed by atoms with Crippen molar-refractivity contribution >= 4 is 34.0 Å². The Bertz CT molecular complexity index is 2030. The number of rotatable bonds is 6. The van der Waals surface area contributed by atoms with Crippen LogP contribution in [0.1, 0.15) is 24.8 Å². The fourth-order valence-corrected chi connectivity index (χ4v) is 7.24. The summed E-state index contributed by atoms with van der Waals surface area (Å²) in [5.74, 6) is 0.432. The van der Waals surface area contributed by atoms with Gasteiger partial charge in [0.2, 0.25) is 11.8 Å². The molecule has 0 bridgehead atoms. The molecular formula is C35H34FN9O2. The number of benzene rings is 2. The van der Waals surface area contributed by atoms with Crippen LogP contribution in [-0.4, -0.2) is 90.8 Å². The lowest BCUT2D eigenvalue weighted by molar-refractivity contribution is -0.132. The van der Waals surface area contributed by atoms with E-state index in [0.717, 1.165) is 47.0 Å². The van der Waals surface area contributed by atoms with Gasteiger partial charge in [0.1, 0.15) is 12.0 Å². The second-order valence-corrected chi connectivity index (χ2v) is 12.7. The second-order valence-electron chi connectivity index (χ2n) is 12.7. The number of hydrogen-bond acceptors (Lipinski definition) is 7. The van der Waals surface area contributed by atoms with Crippen LogP contribution in [-0.2, 0) is 16.6 Å². The molecule has 1 N–H and O–H groups in total. The zero-order valence-corrected chi connectivity index (χ0v) is 26.1. The molecule has 3 aliphatic heterocycles. The summed E-state index contributed by atoms with van der Waals surface area (Å²) in [5, 5.41) is 12.4. The number of likely N-dealkylation sites (tertiary alicyclic amines) is 1. The summed E-state index contributed by atoms with van der Waals surface area (Å²) in [6.45, 7) is 3.44. The third-order valence-corrected chi connectivity index (χ3v) is 9.87. The van der Waals surface area contributed by atoms with Gasteiger partial charge in [0.05, 0.1) is 23.7 Å². The van der Waals surface area contributed by atoms with Crippen molar-refractivity contribution in [3.8, 4) is 22.6 Å². The maximum Gasteiger partial charge on any atom is 0.237 e. The van der Waals surface area contributed by atoms with Crippen LogP contribution in [0.15, 0.2) is 73.3 Å². The van der Waals surface area contributed by atoms with Crippen molar-refractivity contribution in [3.05, 3.63) is 84.7 Å². The largest absolute Gasteiger partial charge is 0.338 e. The Labute approximate surface area is 270 Å². The van der Waals surface area contributed by atoms with Crippen LogP contribution in [0.4, 0.5) is 10.1 Å². The molecule has 11 nitrogen and oxygen atoms in total. The maximum absolute atomic E-state index is 14.5. The number of anilines is 1. The molecule has 3 aromatic heterocycles. The van der Waals surface area contributed by atoms with Gasteiger partial charge in [-0.05, 0) is 61.2 Å². The monoisotopic (exact) mass is 631 g/mol. The van der Waals surface area contributed by atoms with Gasteiger partial charge >= 0.3 is 0 Å². The molecule has 2 aromatic carbocycles. The molecule has 1 spiro atoms. The third-order valence-electron chi connectivity index (χ3n) is 9.87. The molecule has 3 aliphatic rings. The van der Waals surface area contributed by atoms with Gasteiger partial charge in [-0.2, -0.15) is 10.2 Å². The number of carbonyl (C=O) groups excluding carboxylic acids is 2. The molecule has 2 amide bonds. The zero-order chi connectivity index (χ0) is 32.1. The number of nitrogens with one attached hydrogen (secondary N) is 1. The fourth-order valence-electron chi connectivity index (χ4n) is 7.24. The molecule has 12 heteroatoms. The zero-order valence-electron chi connectivity index (χ0n) is 26.1. The number of pyridine rings is 1. The molecule has 238 valence electrons. The lowest BCUT2D eigenvalue weighted by Gasteiger charge is -2.29. The highest BCUT2D eigenvalue weighted by molar-refractivity contribution is 6.03. The minimum atomic E-state index is -0.502. The minimum absolute atomic E-state index is 0.0855. The minimum Gasteiger partial charge on any atom is -0.338 e. The van der Waals surface area contributed by atoms with Gasteiger partial charge in [-0.15, -0.1) is 0 Å². The number of aromatic nitrogens is 6. The molecule has 0 saturated carbocycles. The SMILES string of the molecule is Cn1cnc(-c2ccc(C3=CCN(C(=O)CN4CCC5(CCN(c6ccc7[nH]nc(-c8ccncc8F)c7c6)C5=O)C4)CC3)cc2)n1. The van der Waals surface area contributed by atoms with Crippen molar-refractivity contribution in [3.63, 3.8) is 0 Å². The summed E-state index contributed by atoms with van der Waals surface area (Å²) in [5.41, 5.74) is 5.24. The van der Waals surface area contributed by atoms with E-state index in [2.05, 4.69) is 48.4 Å². The van der Waals surface area contributed by atoms with Crippen LogP contribution in [0.2, 0.25) is 0 Å². The van der Waals surface area contributed by atoms with Crippen molar-refractivity contribution in [2.24, 2.45) is 12.5 Å². The molecular weight excluding hydrogens is 597 g/mol. The van der Waals surface area contributed by atoms with Crippen molar-refractivity contribution in [2.45, 2.75) is 19.3 Å². The van der Waals surface area contributed by atoms with E-state index >= 15 is 0 Å². The van der Waals surface area contributed by atoms with Crippen molar-refractivity contribution in [1.82, 2.24) is 39.7 Å². The highest BCUT2D eigenvalue weighted by atomic mass is 19.1. The normalized spacial score (nSPS) is 20.1. The molecule has 47 heavy (non-hydrogen) atoms. The smallest absolute Gasteiger partial charge is 0.237 e. The van der Waals surface area contributed by atoms with Crippen molar-refractivity contribution in [2.75, 3.05) is 44.2 Å². The first-order valence-electron chi connectivity index (χ1n) is 15.9. The number of halogens is 1. The van der Waals surface area contributed by atoms with E-state index in [1.54, 1.807) is 17.1 Å². The van der Waals surface area contributed by atoms with Gasteiger partial charge < -0.3 is 9.80 Å². The molecule has 2 fully saturated rings. The van der Waals surface area contributed by atoms with E-state index < -0.39 is 11.2 Å². The van der Waals surface area contributed by atoms with Crippen LogP contribution < -0.4 is 4.90 Å². The lowest BCUT2D eigenvalue weighted by atomic mass is 9.85. The van der Waals surface area contributed by atoms with E-state index in [-0.39, 0.29) is 11.8 Å². The Hall–Kier alpha value is -5.23. The Morgan fingerprint density at radius 1 is 1.04 bits per heavy atom. The van der Waals surface area contributed by atoms with Gasteiger partial charge in [-0.25, -0.2) is 9.37 Å². The van der Waals surface area contributed by atoms with E-state index in [4.69, 9.17) is 0 Å². The topological polar surface area (TPSA) is 116 Å². The average molecular weight is 632 g/mol. The molecule has 8 rings (SSSR count). The number of nitrogens with zero attached hydrogens (tertiary/aromatic N) is 8. The number of amides is 2. The molecule has 2 saturated heterocycles. The summed E-state index contributed by atoms with van der Waals surface area (Å²) in [6, 6.07) is 15.5. The van der Waals surface area contributed by atoms with Crippen LogP contribution >= 0.6 is 0 Å². The van der Waals surface area contributed by atoms with E-state index in [0.29, 0.717) is 56.4 Å². The van der Waals surface area contributed by atoms with Gasteiger partial charge in [-0.3, -0.25) is 29.3 Å². The van der Waals surface area contributed by atoms with Crippen molar-refractivity contribution in [1.29, 1.82) is 0 Å². The summed E-state index contributed by atoms with van der Waals surface area (Å²) >= 11 is 0. The third kappa shape index (κ3) is 5.28. The summed E-state index contributed by atoms with van der Waals surface area (Å²) in [6.07, 6.45) is 8.79. The number of carbonyl (C=O) groups is 2. The van der Waals surface area contributed by atoms with Gasteiger partial charge in [0.15, 0.2) is 11.6 Å². The summed E-state index contributed by atoms with van der Waals surface area (Å²) < 4.78 is 16.2. The molecule has 5 aromatic rings. The molecule has 6 heterocycles. The second kappa shape index (κ2) is 11.5. The van der Waals surface area contributed by atoms with Gasteiger partial charge in [-0.1, -0.05) is 30.3 Å². The Balaban J connectivity index is 0.899. The quantitative estimate of drug-likeness (QED) is 0.297. The molecule has 0 radical (unpaired) electrons. The van der Waals surface area contributed by atoms with Gasteiger partial charge in [0.25, 0.3) is 0 Å². The molecule has 1 atom stereocenters. The van der Waals surface area contributed by atoms with Gasteiger partial charge in [0, 0.05) is 61.6 Å². The van der Waals surface area contributed by atoms with Crippen molar-refractivity contribution < 1.29 is 14.0 Å². The average Bonchev–Trinajstić information content (AvgIpc) is 3.89. The Kier molecular flexibility index (Phi) is 7.16. The molecule has 0 aliphatic carbocycles. The predicted octanol–water partition coefficient (Wildman–Crippen LogP) is 4.30. The number of hydrogen-bond donors (Lipinski definition) is 1. The standard InChI is InChI=1S/C35H34FN9O2/c1-42-22-38-33(41-42)25-4-2-23(3-5-25)24-9-14-44(15-10-24)31(46)20-43-16-11-35(21-43)12-17-45(34(35)47)26-6-7-30-28(18-26)32(40-39-30)27-8-13-37-19-29(27)36/h2-9,13,18-19,22H,10-12,14-17,20-21H2,1H3,(H,39,40). The molecule has 1 unspecified atom stereocenters. The van der Waals surface area contributed by atoms with Crippen LogP contribution in [0.5, 0.6) is 0 Å². The van der Waals surface area contributed by atoms with E-state index in [9.17, 15) is 14.0 Å². The number of aryl methyl sites for hydroxylation is 1. The van der Waals surface area contributed by atoms with E-state index in [1.165, 1.54) is 18.0 Å². The summed E-state index contributed by atoms with van der Waals surface area (Å²) in [4.78, 5) is 41.3.